The van der Waals surface area contributed by atoms with E-state index in [0.29, 0.717) is 12.1 Å². The SMILES string of the molecule is Nc1nccnc1Oc1cc(F)c([N+](=O)[O-])cc1F. The first kappa shape index (κ1) is 12.6. The van der Waals surface area contributed by atoms with Gasteiger partial charge < -0.3 is 10.5 Å². The fourth-order valence-electron chi connectivity index (χ4n) is 1.26. The lowest BCUT2D eigenvalue weighted by atomic mass is 10.3. The van der Waals surface area contributed by atoms with Gasteiger partial charge in [-0.15, -0.1) is 0 Å². The second-order valence-electron chi connectivity index (χ2n) is 3.34. The Morgan fingerprint density at radius 3 is 2.53 bits per heavy atom. The Balaban J connectivity index is 2.39. The quantitative estimate of drug-likeness (QED) is 0.674. The van der Waals surface area contributed by atoms with Crippen LogP contribution in [0.3, 0.4) is 0 Å². The van der Waals surface area contributed by atoms with Crippen molar-refractivity contribution in [3.8, 4) is 11.6 Å². The number of hydrogen-bond donors (Lipinski definition) is 1. The molecule has 2 rings (SSSR count). The van der Waals surface area contributed by atoms with Crippen molar-refractivity contribution in [2.24, 2.45) is 0 Å². The van der Waals surface area contributed by atoms with Crippen LogP contribution in [-0.4, -0.2) is 14.9 Å². The molecule has 0 amide bonds. The Labute approximate surface area is 104 Å². The van der Waals surface area contributed by atoms with Crippen molar-refractivity contribution in [3.05, 3.63) is 46.3 Å². The number of ether oxygens (including phenoxy) is 1. The summed E-state index contributed by atoms with van der Waals surface area (Å²) in [7, 11) is 0. The zero-order valence-corrected chi connectivity index (χ0v) is 9.21. The molecule has 0 radical (unpaired) electrons. The monoisotopic (exact) mass is 268 g/mol. The summed E-state index contributed by atoms with van der Waals surface area (Å²) in [4.78, 5) is 16.7. The molecular formula is C10H6F2N4O3. The number of nitro groups is 1. The fraction of sp³-hybridized carbons (Fsp3) is 0. The maximum atomic E-state index is 13.5. The zero-order chi connectivity index (χ0) is 14.0. The van der Waals surface area contributed by atoms with E-state index < -0.39 is 28.0 Å². The molecule has 98 valence electrons. The van der Waals surface area contributed by atoms with E-state index in [0.717, 1.165) is 0 Å². The first-order chi connectivity index (χ1) is 8.99. The van der Waals surface area contributed by atoms with Crippen LogP contribution in [0.4, 0.5) is 20.3 Å². The van der Waals surface area contributed by atoms with Gasteiger partial charge in [-0.1, -0.05) is 0 Å². The highest BCUT2D eigenvalue weighted by Gasteiger charge is 2.20. The molecule has 9 heteroatoms. The third-order valence-electron chi connectivity index (χ3n) is 2.10. The lowest BCUT2D eigenvalue weighted by molar-refractivity contribution is -0.387. The van der Waals surface area contributed by atoms with Gasteiger partial charge in [0.2, 0.25) is 5.82 Å². The fourth-order valence-corrected chi connectivity index (χ4v) is 1.26. The number of nitrogen functional groups attached to an aromatic ring is 1. The van der Waals surface area contributed by atoms with Gasteiger partial charge in [0.1, 0.15) is 0 Å². The highest BCUT2D eigenvalue weighted by molar-refractivity contribution is 5.45. The third-order valence-corrected chi connectivity index (χ3v) is 2.10. The van der Waals surface area contributed by atoms with E-state index >= 15 is 0 Å². The molecule has 0 unspecified atom stereocenters. The highest BCUT2D eigenvalue weighted by atomic mass is 19.1. The van der Waals surface area contributed by atoms with Gasteiger partial charge in [-0.05, 0) is 0 Å². The number of rotatable bonds is 3. The predicted octanol–water partition coefficient (Wildman–Crippen LogP) is 2.04. The van der Waals surface area contributed by atoms with Crippen molar-refractivity contribution in [1.29, 1.82) is 0 Å². The average Bonchev–Trinajstić information content (AvgIpc) is 2.35. The summed E-state index contributed by atoms with van der Waals surface area (Å²) >= 11 is 0. The van der Waals surface area contributed by atoms with Crippen LogP contribution in [0.15, 0.2) is 24.5 Å². The van der Waals surface area contributed by atoms with Gasteiger partial charge >= 0.3 is 5.69 Å². The standard InChI is InChI=1S/C10H6F2N4O3/c11-5-4-8(6(12)3-7(5)16(17)18)19-10-9(13)14-1-2-15-10/h1-4H,(H2,13,14). The van der Waals surface area contributed by atoms with E-state index in [4.69, 9.17) is 10.5 Å². The minimum atomic E-state index is -1.23. The first-order valence-electron chi connectivity index (χ1n) is 4.87. The van der Waals surface area contributed by atoms with E-state index in [2.05, 4.69) is 9.97 Å². The maximum Gasteiger partial charge on any atom is 0.307 e. The maximum absolute atomic E-state index is 13.5. The summed E-state index contributed by atoms with van der Waals surface area (Å²) in [5.74, 6) is -3.27. The van der Waals surface area contributed by atoms with Gasteiger partial charge in [-0.25, -0.2) is 14.4 Å². The van der Waals surface area contributed by atoms with Crippen molar-refractivity contribution in [2.75, 3.05) is 5.73 Å². The molecular weight excluding hydrogens is 262 g/mol. The molecule has 0 saturated heterocycles. The molecule has 0 bridgehead atoms. The summed E-state index contributed by atoms with van der Waals surface area (Å²) in [6.07, 6.45) is 2.53. The topological polar surface area (TPSA) is 104 Å². The van der Waals surface area contributed by atoms with Crippen molar-refractivity contribution in [2.45, 2.75) is 0 Å². The number of hydrogen-bond acceptors (Lipinski definition) is 6. The van der Waals surface area contributed by atoms with E-state index in [9.17, 15) is 18.9 Å². The molecule has 0 atom stereocenters. The van der Waals surface area contributed by atoms with Crippen LogP contribution in [0.2, 0.25) is 0 Å². The molecule has 0 aliphatic heterocycles. The Morgan fingerprint density at radius 2 is 1.89 bits per heavy atom. The number of halogens is 2. The second kappa shape index (κ2) is 4.80. The van der Waals surface area contributed by atoms with Crippen LogP contribution < -0.4 is 10.5 Å². The average molecular weight is 268 g/mol. The largest absolute Gasteiger partial charge is 0.433 e. The summed E-state index contributed by atoms with van der Waals surface area (Å²) in [6, 6.07) is 0.957. The van der Waals surface area contributed by atoms with Crippen molar-refractivity contribution in [1.82, 2.24) is 9.97 Å². The van der Waals surface area contributed by atoms with E-state index in [1.54, 1.807) is 0 Å². The molecule has 19 heavy (non-hydrogen) atoms. The molecule has 0 spiro atoms. The molecule has 0 aliphatic rings. The molecule has 2 N–H and O–H groups in total. The Hall–Kier alpha value is -2.84. The summed E-state index contributed by atoms with van der Waals surface area (Å²) in [5.41, 5.74) is 4.42. The molecule has 2 aromatic rings. The zero-order valence-electron chi connectivity index (χ0n) is 9.21. The van der Waals surface area contributed by atoms with Crippen molar-refractivity contribution in [3.63, 3.8) is 0 Å². The smallest absolute Gasteiger partial charge is 0.307 e. The van der Waals surface area contributed by atoms with Gasteiger partial charge in [0, 0.05) is 18.5 Å². The van der Waals surface area contributed by atoms with Crippen LogP contribution in [0.1, 0.15) is 0 Å². The normalized spacial score (nSPS) is 10.2. The van der Waals surface area contributed by atoms with Gasteiger partial charge in [-0.2, -0.15) is 4.39 Å². The first-order valence-corrected chi connectivity index (χ1v) is 4.87. The molecule has 0 aliphatic carbocycles. The molecule has 1 heterocycles. The third kappa shape index (κ3) is 2.54. The number of nitrogens with two attached hydrogens (primary N) is 1. The van der Waals surface area contributed by atoms with Crippen LogP contribution in [-0.2, 0) is 0 Å². The number of aromatic nitrogens is 2. The number of nitrogens with zero attached hydrogens (tertiary/aromatic N) is 3. The van der Waals surface area contributed by atoms with Crippen molar-refractivity contribution < 1.29 is 18.4 Å². The van der Waals surface area contributed by atoms with Crippen LogP contribution in [0.25, 0.3) is 0 Å². The van der Waals surface area contributed by atoms with E-state index in [1.807, 2.05) is 0 Å². The van der Waals surface area contributed by atoms with E-state index in [-0.39, 0.29) is 11.7 Å². The van der Waals surface area contributed by atoms with Gasteiger partial charge in [0.15, 0.2) is 17.4 Å². The lowest BCUT2D eigenvalue weighted by Crippen LogP contribution is -2.00. The minimum absolute atomic E-state index is 0.124. The van der Waals surface area contributed by atoms with Crippen LogP contribution in [0, 0.1) is 21.7 Å². The minimum Gasteiger partial charge on any atom is -0.433 e. The molecule has 1 aromatic carbocycles. The van der Waals surface area contributed by atoms with E-state index in [1.165, 1.54) is 12.4 Å². The number of benzene rings is 1. The predicted molar refractivity (Wildman–Crippen MR) is 59.5 cm³/mol. The number of anilines is 1. The Kier molecular flexibility index (Phi) is 3.19. The summed E-state index contributed by atoms with van der Waals surface area (Å²) in [5, 5.41) is 10.4. The summed E-state index contributed by atoms with van der Waals surface area (Å²) < 4.78 is 31.8. The Morgan fingerprint density at radius 1 is 1.21 bits per heavy atom. The molecule has 0 fully saturated rings. The molecule has 1 aromatic heterocycles. The van der Waals surface area contributed by atoms with Crippen LogP contribution >= 0.6 is 0 Å². The van der Waals surface area contributed by atoms with Crippen LogP contribution in [0.5, 0.6) is 11.6 Å². The second-order valence-corrected chi connectivity index (χ2v) is 3.34. The number of nitro benzene ring substituents is 1. The van der Waals surface area contributed by atoms with Gasteiger partial charge in [0.25, 0.3) is 5.88 Å². The lowest BCUT2D eigenvalue weighted by Gasteiger charge is -2.07. The summed E-state index contributed by atoms with van der Waals surface area (Å²) in [6.45, 7) is 0. The molecule has 0 saturated carbocycles. The van der Waals surface area contributed by atoms with Gasteiger partial charge in [0.05, 0.1) is 11.0 Å². The van der Waals surface area contributed by atoms with Gasteiger partial charge in [-0.3, -0.25) is 10.1 Å². The van der Waals surface area contributed by atoms with Crippen molar-refractivity contribution >= 4 is 11.5 Å². The molecule has 7 nitrogen and oxygen atoms in total. The Bertz CT molecular complexity index is 651. The highest BCUT2D eigenvalue weighted by Crippen LogP contribution is 2.30.